The predicted octanol–water partition coefficient (Wildman–Crippen LogP) is 6.89. The van der Waals surface area contributed by atoms with Gasteiger partial charge in [0.25, 0.3) is 0 Å². The zero-order chi connectivity index (χ0) is 20.5. The van der Waals surface area contributed by atoms with Crippen LogP contribution in [-0.4, -0.2) is 35.1 Å². The highest BCUT2D eigenvalue weighted by Gasteiger charge is 2.23. The van der Waals surface area contributed by atoms with Crippen molar-refractivity contribution in [3.8, 4) is 0 Å². The van der Waals surface area contributed by atoms with E-state index in [0.717, 1.165) is 25.3 Å². The molecule has 4 heteroatoms. The molecule has 4 nitrogen and oxygen atoms in total. The first-order valence-electron chi connectivity index (χ1n) is 11.8. The summed E-state index contributed by atoms with van der Waals surface area (Å²) in [7, 11) is 0. The lowest BCUT2D eigenvalue weighted by molar-refractivity contribution is -0.0123. The highest BCUT2D eigenvalue weighted by atomic mass is 16.5. The Labute approximate surface area is 173 Å². The SMILES string of the molecule is CCCCCCOC1=CC(N(CCCCCC)CCCCCC)=CCC1=[N+]=[N-]. The van der Waals surface area contributed by atoms with Crippen molar-refractivity contribution >= 4 is 5.71 Å². The standard InChI is InChI=1S/C24H43N3O/c1-4-7-10-13-18-27(19-14-11-8-5-2)22-16-17-23(26-25)24(21-22)28-20-15-12-9-6-3/h16,21H,4-15,17-20H2,1-3H3. The van der Waals surface area contributed by atoms with Gasteiger partial charge in [-0.25, -0.2) is 0 Å². The molecule has 1 aliphatic carbocycles. The van der Waals surface area contributed by atoms with Crippen LogP contribution in [0, 0.1) is 0 Å². The van der Waals surface area contributed by atoms with E-state index < -0.39 is 0 Å². The molecule has 0 radical (unpaired) electrons. The lowest BCUT2D eigenvalue weighted by Crippen LogP contribution is -2.27. The van der Waals surface area contributed by atoms with Gasteiger partial charge < -0.3 is 15.2 Å². The number of allylic oxidation sites excluding steroid dienone is 3. The summed E-state index contributed by atoms with van der Waals surface area (Å²) in [6, 6.07) is 0. The normalized spacial score (nSPS) is 13.8. The molecular formula is C24H43N3O. The van der Waals surface area contributed by atoms with E-state index in [9.17, 15) is 5.53 Å². The Hall–Kier alpha value is -1.54. The molecule has 1 rings (SSSR count). The van der Waals surface area contributed by atoms with Crippen molar-refractivity contribution in [2.75, 3.05) is 19.7 Å². The molecule has 0 spiro atoms. The molecule has 0 aromatic carbocycles. The van der Waals surface area contributed by atoms with E-state index >= 15 is 0 Å². The van der Waals surface area contributed by atoms with Crippen molar-refractivity contribution in [3.63, 3.8) is 0 Å². The molecule has 0 atom stereocenters. The van der Waals surface area contributed by atoms with Crippen LogP contribution in [0.4, 0.5) is 0 Å². The predicted molar refractivity (Wildman–Crippen MR) is 119 cm³/mol. The molecular weight excluding hydrogens is 346 g/mol. The fraction of sp³-hybridized carbons (Fsp3) is 0.792. The molecule has 28 heavy (non-hydrogen) atoms. The lowest BCUT2D eigenvalue weighted by atomic mass is 10.1. The first-order chi connectivity index (χ1) is 13.8. The van der Waals surface area contributed by atoms with Crippen LogP contribution in [0.5, 0.6) is 0 Å². The molecule has 0 N–H and O–H groups in total. The molecule has 0 unspecified atom stereocenters. The molecule has 0 fully saturated rings. The van der Waals surface area contributed by atoms with E-state index in [-0.39, 0.29) is 0 Å². The number of rotatable bonds is 17. The third kappa shape index (κ3) is 10.1. The number of nitrogens with zero attached hydrogens (tertiary/aromatic N) is 3. The lowest BCUT2D eigenvalue weighted by Gasteiger charge is -2.27. The quantitative estimate of drug-likeness (QED) is 0.154. The molecule has 0 aromatic rings. The topological polar surface area (TPSA) is 48.9 Å². The summed E-state index contributed by atoms with van der Waals surface area (Å²) in [6.45, 7) is 9.64. The summed E-state index contributed by atoms with van der Waals surface area (Å²) in [5.41, 5.74) is 11.2. The molecule has 0 bridgehead atoms. The second-order valence-electron chi connectivity index (χ2n) is 7.91. The van der Waals surface area contributed by atoms with Crippen LogP contribution in [-0.2, 0) is 4.74 Å². The molecule has 1 aliphatic rings. The maximum atomic E-state index is 9.35. The molecule has 160 valence electrons. The van der Waals surface area contributed by atoms with Gasteiger partial charge in [-0.2, -0.15) is 4.79 Å². The van der Waals surface area contributed by atoms with E-state index in [1.165, 1.54) is 76.3 Å². The van der Waals surface area contributed by atoms with Crippen LogP contribution in [0.1, 0.15) is 104 Å². The largest absolute Gasteiger partial charge is 0.486 e. The van der Waals surface area contributed by atoms with Crippen molar-refractivity contribution in [1.82, 2.24) is 4.90 Å². The van der Waals surface area contributed by atoms with E-state index in [1.54, 1.807) is 0 Å². The van der Waals surface area contributed by atoms with Gasteiger partial charge in [-0.3, -0.25) is 0 Å². The molecule has 0 saturated carbocycles. The van der Waals surface area contributed by atoms with E-state index in [1.807, 2.05) is 0 Å². The number of ether oxygens (including phenoxy) is 1. The van der Waals surface area contributed by atoms with Crippen LogP contribution in [0.15, 0.2) is 23.6 Å². The molecule has 0 aliphatic heterocycles. The van der Waals surface area contributed by atoms with Crippen molar-refractivity contribution in [2.24, 2.45) is 0 Å². The fourth-order valence-electron chi connectivity index (χ4n) is 3.55. The van der Waals surface area contributed by atoms with Crippen LogP contribution in [0.3, 0.4) is 0 Å². The molecule has 0 heterocycles. The maximum absolute atomic E-state index is 9.35. The highest BCUT2D eigenvalue weighted by molar-refractivity contribution is 5.96. The molecule has 0 amide bonds. The fourth-order valence-corrected chi connectivity index (χ4v) is 3.55. The van der Waals surface area contributed by atoms with Gasteiger partial charge in [-0.15, -0.1) is 0 Å². The van der Waals surface area contributed by atoms with Gasteiger partial charge >= 0.3 is 5.71 Å². The molecule has 0 saturated heterocycles. The second kappa shape index (κ2) is 16.4. The maximum Gasteiger partial charge on any atom is 0.337 e. The Morgan fingerprint density at radius 2 is 1.43 bits per heavy atom. The summed E-state index contributed by atoms with van der Waals surface area (Å²) < 4.78 is 6.00. The van der Waals surface area contributed by atoms with Crippen molar-refractivity contribution in [1.29, 1.82) is 0 Å². The first-order valence-corrected chi connectivity index (χ1v) is 11.8. The number of unbranched alkanes of at least 4 members (excludes halogenated alkanes) is 9. The Morgan fingerprint density at radius 3 is 1.96 bits per heavy atom. The summed E-state index contributed by atoms with van der Waals surface area (Å²) in [6.07, 6.45) is 19.9. The Kier molecular flexibility index (Phi) is 14.4. The third-order valence-electron chi connectivity index (χ3n) is 5.37. The van der Waals surface area contributed by atoms with Gasteiger partial charge in [-0.05, 0) is 25.3 Å². The average molecular weight is 390 g/mol. The second-order valence-corrected chi connectivity index (χ2v) is 7.91. The molecule has 0 aromatic heterocycles. The van der Waals surface area contributed by atoms with Crippen LogP contribution in [0.25, 0.3) is 5.53 Å². The number of hydrogen-bond donors (Lipinski definition) is 0. The summed E-state index contributed by atoms with van der Waals surface area (Å²) >= 11 is 0. The summed E-state index contributed by atoms with van der Waals surface area (Å²) in [4.78, 5) is 5.98. The van der Waals surface area contributed by atoms with Crippen molar-refractivity contribution in [3.05, 3.63) is 29.1 Å². The summed E-state index contributed by atoms with van der Waals surface area (Å²) in [5.74, 6) is 0.753. The smallest absolute Gasteiger partial charge is 0.337 e. The van der Waals surface area contributed by atoms with Gasteiger partial charge in [-0.1, -0.05) is 78.6 Å². The van der Waals surface area contributed by atoms with Crippen molar-refractivity contribution < 1.29 is 9.53 Å². The van der Waals surface area contributed by atoms with E-state index in [0.29, 0.717) is 18.7 Å². The Morgan fingerprint density at radius 1 is 0.857 bits per heavy atom. The third-order valence-corrected chi connectivity index (χ3v) is 5.37. The highest BCUT2D eigenvalue weighted by Crippen LogP contribution is 2.21. The zero-order valence-corrected chi connectivity index (χ0v) is 18.7. The van der Waals surface area contributed by atoms with E-state index in [2.05, 4.69) is 42.6 Å². The average Bonchev–Trinajstić information content (AvgIpc) is 2.72. The van der Waals surface area contributed by atoms with Crippen LogP contribution < -0.4 is 0 Å². The zero-order valence-electron chi connectivity index (χ0n) is 18.7. The minimum absolute atomic E-state index is 0.646. The number of hydrogen-bond acceptors (Lipinski definition) is 2. The van der Waals surface area contributed by atoms with Crippen LogP contribution >= 0.6 is 0 Å². The Bertz CT molecular complexity index is 506. The van der Waals surface area contributed by atoms with Gasteiger partial charge in [0.2, 0.25) is 5.76 Å². The van der Waals surface area contributed by atoms with Crippen molar-refractivity contribution in [2.45, 2.75) is 104 Å². The minimum atomic E-state index is 0.646. The van der Waals surface area contributed by atoms with Crippen LogP contribution in [0.2, 0.25) is 0 Å². The van der Waals surface area contributed by atoms with Gasteiger partial charge in [0.1, 0.15) is 0 Å². The van der Waals surface area contributed by atoms with Gasteiger partial charge in [0.15, 0.2) is 0 Å². The monoisotopic (exact) mass is 389 g/mol. The minimum Gasteiger partial charge on any atom is -0.486 e. The summed E-state index contributed by atoms with van der Waals surface area (Å²) in [5, 5.41) is 0. The first kappa shape index (κ1) is 24.5. The van der Waals surface area contributed by atoms with E-state index in [4.69, 9.17) is 4.74 Å². The van der Waals surface area contributed by atoms with Gasteiger partial charge in [0, 0.05) is 24.9 Å². The van der Waals surface area contributed by atoms with Gasteiger partial charge in [0.05, 0.1) is 13.0 Å². The Balaban J connectivity index is 2.70.